The highest BCUT2D eigenvalue weighted by Crippen LogP contribution is 2.34. The van der Waals surface area contributed by atoms with Gasteiger partial charge in [0.1, 0.15) is 0 Å². The lowest BCUT2D eigenvalue weighted by Crippen LogP contribution is -2.25. The van der Waals surface area contributed by atoms with E-state index in [0.717, 1.165) is 12.0 Å². The first-order valence-corrected chi connectivity index (χ1v) is 10.6. The molecule has 0 aliphatic rings. The Hall–Kier alpha value is -2.91. The van der Waals surface area contributed by atoms with Gasteiger partial charge in [0.25, 0.3) is 0 Å². The second-order valence-corrected chi connectivity index (χ2v) is 8.43. The zero-order valence-corrected chi connectivity index (χ0v) is 18.1. The van der Waals surface area contributed by atoms with Gasteiger partial charge in [-0.25, -0.2) is 0 Å². The summed E-state index contributed by atoms with van der Waals surface area (Å²) in [6, 6.07) is 23.7. The van der Waals surface area contributed by atoms with Crippen LogP contribution in [0, 0.1) is 5.92 Å². The summed E-state index contributed by atoms with van der Waals surface area (Å²) < 4.78 is 11.2. The lowest BCUT2D eigenvalue weighted by atomic mass is 9.92. The lowest BCUT2D eigenvalue weighted by Gasteiger charge is -2.26. The summed E-state index contributed by atoms with van der Waals surface area (Å²) in [6.45, 7) is 7.79. The quantitative estimate of drug-likeness (QED) is 0.200. The van der Waals surface area contributed by atoms with E-state index in [-0.39, 0.29) is 18.7 Å². The minimum atomic E-state index is -0.567. The molecule has 4 aromatic carbocycles. The summed E-state index contributed by atoms with van der Waals surface area (Å²) in [4.78, 5) is 11.9. The van der Waals surface area contributed by atoms with Gasteiger partial charge in [-0.15, -0.1) is 0 Å². The highest BCUT2D eigenvalue weighted by Gasteiger charge is 2.23. The van der Waals surface area contributed by atoms with Crippen molar-refractivity contribution in [1.29, 1.82) is 0 Å². The number of carbonyl (C=O) groups is 1. The molecule has 30 heavy (non-hydrogen) atoms. The fourth-order valence-electron chi connectivity index (χ4n) is 3.83. The van der Waals surface area contributed by atoms with Gasteiger partial charge in [0.2, 0.25) is 0 Å². The van der Waals surface area contributed by atoms with Gasteiger partial charge < -0.3 is 9.47 Å². The third-order valence-corrected chi connectivity index (χ3v) is 6.07. The Morgan fingerprint density at radius 3 is 2.23 bits per heavy atom. The zero-order chi connectivity index (χ0) is 21.3. The highest BCUT2D eigenvalue weighted by atomic mass is 16.7. The molecule has 1 unspecified atom stereocenters. The Morgan fingerprint density at radius 2 is 1.50 bits per heavy atom. The van der Waals surface area contributed by atoms with Gasteiger partial charge in [-0.2, -0.15) is 0 Å². The first kappa shape index (κ1) is 20.4. The maximum Gasteiger partial charge on any atom is 0.310 e. The minimum Gasteiger partial charge on any atom is -0.438 e. The van der Waals surface area contributed by atoms with Gasteiger partial charge in [0.15, 0.2) is 6.79 Å². The molecule has 0 fully saturated rings. The predicted molar refractivity (Wildman–Crippen MR) is 123 cm³/mol. The number of carbonyl (C=O) groups excluding carboxylic acids is 1. The Labute approximate surface area is 177 Å². The SMILES string of the molecule is CCC(C)C(=O)OCOC(C)(C)c1ccc2c(ccc3c4ccccc4ccc23)c1. The molecule has 3 heteroatoms. The van der Waals surface area contributed by atoms with Crippen molar-refractivity contribution in [2.45, 2.75) is 39.7 Å². The van der Waals surface area contributed by atoms with Crippen LogP contribution in [0.5, 0.6) is 0 Å². The van der Waals surface area contributed by atoms with Crippen LogP contribution in [0.1, 0.15) is 39.7 Å². The largest absolute Gasteiger partial charge is 0.438 e. The molecule has 0 aliphatic carbocycles. The molecule has 0 aliphatic heterocycles. The summed E-state index contributed by atoms with van der Waals surface area (Å²) in [5.74, 6) is -0.327. The Balaban J connectivity index is 1.63. The van der Waals surface area contributed by atoms with Gasteiger partial charge in [-0.1, -0.05) is 74.5 Å². The number of esters is 1. The van der Waals surface area contributed by atoms with Crippen molar-refractivity contribution < 1.29 is 14.3 Å². The monoisotopic (exact) mass is 400 g/mol. The summed E-state index contributed by atoms with van der Waals surface area (Å²) in [5, 5.41) is 7.43. The fraction of sp³-hybridized carbons (Fsp3) is 0.296. The van der Waals surface area contributed by atoms with Crippen LogP contribution in [0.25, 0.3) is 32.3 Å². The standard InChI is InChI=1S/C27H28O3/c1-5-18(2)26(28)29-17-30-27(3,4)21-12-15-23-20(16-21)11-14-24-22-9-7-6-8-19(22)10-13-25(23)24/h6-16,18H,5,17H2,1-4H3. The molecule has 0 heterocycles. The lowest BCUT2D eigenvalue weighted by molar-refractivity contribution is -0.174. The average Bonchev–Trinajstić information content (AvgIpc) is 2.77. The Morgan fingerprint density at radius 1 is 0.867 bits per heavy atom. The van der Waals surface area contributed by atoms with Crippen LogP contribution in [-0.2, 0) is 19.9 Å². The maximum absolute atomic E-state index is 11.9. The van der Waals surface area contributed by atoms with Crippen molar-refractivity contribution in [2.75, 3.05) is 6.79 Å². The maximum atomic E-state index is 11.9. The van der Waals surface area contributed by atoms with Crippen LogP contribution in [0.15, 0.2) is 66.7 Å². The van der Waals surface area contributed by atoms with Crippen LogP contribution in [0.3, 0.4) is 0 Å². The van der Waals surface area contributed by atoms with Crippen LogP contribution in [0.4, 0.5) is 0 Å². The van der Waals surface area contributed by atoms with Crippen molar-refractivity contribution in [3.63, 3.8) is 0 Å². The third-order valence-electron chi connectivity index (χ3n) is 6.07. The number of hydrogen-bond donors (Lipinski definition) is 0. The molecule has 0 saturated heterocycles. The molecule has 0 aromatic heterocycles. The molecule has 0 radical (unpaired) electrons. The van der Waals surface area contributed by atoms with E-state index >= 15 is 0 Å². The molecule has 3 nitrogen and oxygen atoms in total. The second kappa shape index (κ2) is 8.08. The predicted octanol–water partition coefficient (Wildman–Crippen LogP) is 6.94. The van der Waals surface area contributed by atoms with Crippen molar-refractivity contribution in [2.24, 2.45) is 5.92 Å². The molecule has 1 atom stereocenters. The molecule has 4 rings (SSSR count). The van der Waals surface area contributed by atoms with Gasteiger partial charge in [-0.05, 0) is 64.2 Å². The second-order valence-electron chi connectivity index (χ2n) is 8.43. The molecule has 0 spiro atoms. The number of benzene rings is 4. The summed E-state index contributed by atoms with van der Waals surface area (Å²) >= 11 is 0. The van der Waals surface area contributed by atoms with E-state index in [4.69, 9.17) is 9.47 Å². The van der Waals surface area contributed by atoms with E-state index in [1.807, 2.05) is 27.7 Å². The highest BCUT2D eigenvalue weighted by molar-refractivity contribution is 6.17. The molecular weight excluding hydrogens is 372 g/mol. The average molecular weight is 401 g/mol. The molecule has 0 N–H and O–H groups in total. The van der Waals surface area contributed by atoms with Crippen molar-refractivity contribution >= 4 is 38.3 Å². The van der Waals surface area contributed by atoms with Gasteiger partial charge in [-0.3, -0.25) is 4.79 Å². The normalized spacial score (nSPS) is 13.1. The molecule has 0 saturated carbocycles. The minimum absolute atomic E-state index is 0.0437. The Bertz CT molecular complexity index is 1220. The number of rotatable bonds is 6. The van der Waals surface area contributed by atoms with E-state index in [1.165, 1.54) is 32.3 Å². The first-order valence-electron chi connectivity index (χ1n) is 10.6. The summed E-state index contributed by atoms with van der Waals surface area (Å²) in [6.07, 6.45) is 0.760. The smallest absolute Gasteiger partial charge is 0.310 e. The summed E-state index contributed by atoms with van der Waals surface area (Å²) in [5.41, 5.74) is 0.483. The molecule has 154 valence electrons. The molecular formula is C27H28O3. The molecule has 0 amide bonds. The van der Waals surface area contributed by atoms with Crippen molar-refractivity contribution in [3.8, 4) is 0 Å². The first-order chi connectivity index (χ1) is 14.4. The van der Waals surface area contributed by atoms with Crippen LogP contribution in [-0.4, -0.2) is 12.8 Å². The van der Waals surface area contributed by atoms with Crippen LogP contribution >= 0.6 is 0 Å². The number of fused-ring (bicyclic) bond motifs is 5. The fourth-order valence-corrected chi connectivity index (χ4v) is 3.83. The zero-order valence-electron chi connectivity index (χ0n) is 18.1. The van der Waals surface area contributed by atoms with E-state index in [9.17, 15) is 4.79 Å². The van der Waals surface area contributed by atoms with Gasteiger partial charge in [0, 0.05) is 0 Å². The third kappa shape index (κ3) is 3.78. The Kier molecular flexibility index (Phi) is 5.48. The number of hydrogen-bond acceptors (Lipinski definition) is 3. The molecule has 0 bridgehead atoms. The van der Waals surface area contributed by atoms with E-state index < -0.39 is 5.60 Å². The van der Waals surface area contributed by atoms with E-state index in [1.54, 1.807) is 0 Å². The van der Waals surface area contributed by atoms with Crippen LogP contribution < -0.4 is 0 Å². The van der Waals surface area contributed by atoms with Crippen molar-refractivity contribution in [1.82, 2.24) is 0 Å². The van der Waals surface area contributed by atoms with E-state index in [2.05, 4.69) is 66.7 Å². The van der Waals surface area contributed by atoms with Gasteiger partial charge in [0.05, 0.1) is 11.5 Å². The van der Waals surface area contributed by atoms with Gasteiger partial charge >= 0.3 is 5.97 Å². The van der Waals surface area contributed by atoms with Crippen LogP contribution in [0.2, 0.25) is 0 Å². The number of ether oxygens (including phenoxy) is 2. The van der Waals surface area contributed by atoms with E-state index in [0.29, 0.717) is 0 Å². The molecule has 4 aromatic rings. The summed E-state index contributed by atoms with van der Waals surface area (Å²) in [7, 11) is 0. The van der Waals surface area contributed by atoms with Crippen molar-refractivity contribution in [3.05, 3.63) is 72.3 Å². The topological polar surface area (TPSA) is 35.5 Å².